The van der Waals surface area contributed by atoms with E-state index in [-0.39, 0.29) is 0 Å². The molecule has 0 unspecified atom stereocenters. The number of rotatable bonds is 4. The van der Waals surface area contributed by atoms with Gasteiger partial charge >= 0.3 is 0 Å². The molecule has 0 amide bonds. The van der Waals surface area contributed by atoms with Crippen molar-refractivity contribution in [2.24, 2.45) is 0 Å². The molecule has 0 bridgehead atoms. The third-order valence-corrected chi connectivity index (χ3v) is 4.64. The largest absolute Gasteiger partial charge is 0.247 e. The number of aromatic nitrogens is 4. The van der Waals surface area contributed by atoms with Crippen LogP contribution in [-0.4, -0.2) is 25.8 Å². The molecule has 2 aromatic heterocycles. The summed E-state index contributed by atoms with van der Waals surface area (Å²) in [4.78, 5) is 4.31. The average Bonchev–Trinajstić information content (AvgIpc) is 2.92. The Bertz CT molecular complexity index is 730. The zero-order chi connectivity index (χ0) is 13.9. The second-order valence-electron chi connectivity index (χ2n) is 4.01. The molecule has 1 aromatic carbocycles. The summed E-state index contributed by atoms with van der Waals surface area (Å²) < 4.78 is 1.90. The second kappa shape index (κ2) is 6.03. The zero-order valence-corrected chi connectivity index (χ0v) is 13.0. The number of fused-ring (bicyclic) bond motifs is 1. The Balaban J connectivity index is 1.94. The van der Waals surface area contributed by atoms with Crippen LogP contribution in [0, 0.1) is 0 Å². The SMILES string of the molecule is CSc1ncc(Cl)c2nnc(SCc3ccccc3)n12. The highest BCUT2D eigenvalue weighted by Gasteiger charge is 2.13. The van der Waals surface area contributed by atoms with Crippen molar-refractivity contribution in [3.8, 4) is 0 Å². The number of halogens is 1. The predicted molar refractivity (Wildman–Crippen MR) is 83.6 cm³/mol. The van der Waals surface area contributed by atoms with Gasteiger partial charge in [-0.3, -0.25) is 0 Å². The van der Waals surface area contributed by atoms with Crippen molar-refractivity contribution in [2.45, 2.75) is 16.1 Å². The lowest BCUT2D eigenvalue weighted by Crippen LogP contribution is -1.96. The van der Waals surface area contributed by atoms with E-state index in [1.54, 1.807) is 29.7 Å². The Morgan fingerprint density at radius 1 is 1.15 bits per heavy atom. The molecule has 3 aromatic rings. The van der Waals surface area contributed by atoms with Crippen LogP contribution in [0.25, 0.3) is 5.65 Å². The van der Waals surface area contributed by atoms with Gasteiger partial charge in [-0.25, -0.2) is 9.38 Å². The maximum Gasteiger partial charge on any atom is 0.198 e. The Hall–Kier alpha value is -1.24. The van der Waals surface area contributed by atoms with Gasteiger partial charge in [0.25, 0.3) is 0 Å². The molecule has 0 saturated carbocycles. The van der Waals surface area contributed by atoms with Gasteiger partial charge in [-0.1, -0.05) is 65.5 Å². The molecule has 0 aliphatic carbocycles. The molecule has 0 atom stereocenters. The molecule has 4 nitrogen and oxygen atoms in total. The quantitative estimate of drug-likeness (QED) is 0.540. The van der Waals surface area contributed by atoms with E-state index in [4.69, 9.17) is 11.6 Å². The minimum atomic E-state index is 0.516. The lowest BCUT2D eigenvalue weighted by atomic mass is 10.2. The van der Waals surface area contributed by atoms with E-state index >= 15 is 0 Å². The minimum absolute atomic E-state index is 0.516. The van der Waals surface area contributed by atoms with Crippen LogP contribution in [0.5, 0.6) is 0 Å². The normalized spacial score (nSPS) is 11.1. The maximum absolute atomic E-state index is 6.11. The molecule has 0 aliphatic rings. The standard InChI is InChI=1S/C13H11ClN4S2/c1-19-12-15-7-10(14)11-16-17-13(18(11)12)20-8-9-5-3-2-4-6-9/h2-7H,8H2,1H3. The van der Waals surface area contributed by atoms with Crippen molar-refractivity contribution in [3.63, 3.8) is 0 Å². The third-order valence-electron chi connectivity index (χ3n) is 2.72. The van der Waals surface area contributed by atoms with Crippen LogP contribution >= 0.6 is 35.1 Å². The smallest absolute Gasteiger partial charge is 0.198 e. The molecule has 102 valence electrons. The zero-order valence-electron chi connectivity index (χ0n) is 10.7. The van der Waals surface area contributed by atoms with Crippen LogP contribution < -0.4 is 0 Å². The monoisotopic (exact) mass is 322 g/mol. The summed E-state index contributed by atoms with van der Waals surface area (Å²) in [5, 5.41) is 10.5. The lowest BCUT2D eigenvalue weighted by molar-refractivity contribution is 0.805. The highest BCUT2D eigenvalue weighted by molar-refractivity contribution is 7.99. The molecule has 0 saturated heterocycles. The number of hydrogen-bond donors (Lipinski definition) is 0. The summed E-state index contributed by atoms with van der Waals surface area (Å²) >= 11 is 9.28. The molecule has 0 fully saturated rings. The number of hydrogen-bond acceptors (Lipinski definition) is 5. The highest BCUT2D eigenvalue weighted by atomic mass is 35.5. The van der Waals surface area contributed by atoms with E-state index < -0.39 is 0 Å². The second-order valence-corrected chi connectivity index (χ2v) is 6.13. The third kappa shape index (κ3) is 2.63. The molecule has 0 radical (unpaired) electrons. The molecular weight excluding hydrogens is 312 g/mol. The fraction of sp³-hybridized carbons (Fsp3) is 0.154. The van der Waals surface area contributed by atoms with Crippen molar-refractivity contribution in [2.75, 3.05) is 6.26 Å². The fourth-order valence-electron chi connectivity index (χ4n) is 1.78. The van der Waals surface area contributed by atoms with E-state index in [1.807, 2.05) is 28.9 Å². The van der Waals surface area contributed by atoms with Gasteiger partial charge < -0.3 is 0 Å². The number of thioether (sulfide) groups is 2. The maximum atomic E-state index is 6.11. The Morgan fingerprint density at radius 2 is 1.95 bits per heavy atom. The first kappa shape index (κ1) is 13.7. The first-order valence-corrected chi connectivity index (χ1v) is 8.49. The summed E-state index contributed by atoms with van der Waals surface area (Å²) in [5.74, 6) is 0.835. The molecule has 7 heteroatoms. The molecular formula is C13H11ClN4S2. The lowest BCUT2D eigenvalue weighted by Gasteiger charge is -2.04. The van der Waals surface area contributed by atoms with Crippen LogP contribution in [0.1, 0.15) is 5.56 Å². The van der Waals surface area contributed by atoms with Gasteiger partial charge in [0.15, 0.2) is 16.0 Å². The van der Waals surface area contributed by atoms with Gasteiger partial charge in [-0.2, -0.15) is 0 Å². The van der Waals surface area contributed by atoms with E-state index in [1.165, 1.54) is 5.56 Å². The summed E-state index contributed by atoms with van der Waals surface area (Å²) in [5.41, 5.74) is 1.90. The van der Waals surface area contributed by atoms with Crippen molar-refractivity contribution >= 4 is 40.8 Å². The van der Waals surface area contributed by atoms with E-state index in [0.29, 0.717) is 10.7 Å². The van der Waals surface area contributed by atoms with Crippen molar-refractivity contribution in [1.82, 2.24) is 19.6 Å². The number of nitrogens with zero attached hydrogens (tertiary/aromatic N) is 4. The van der Waals surface area contributed by atoms with Gasteiger partial charge in [0.05, 0.1) is 6.20 Å². The molecule has 0 N–H and O–H groups in total. The molecule has 3 rings (SSSR count). The Labute approximate surface area is 130 Å². The Morgan fingerprint density at radius 3 is 2.70 bits per heavy atom. The topological polar surface area (TPSA) is 43.1 Å². The van der Waals surface area contributed by atoms with Crippen LogP contribution in [0.4, 0.5) is 0 Å². The minimum Gasteiger partial charge on any atom is -0.247 e. The average molecular weight is 323 g/mol. The summed E-state index contributed by atoms with van der Waals surface area (Å²) in [6.07, 6.45) is 3.59. The summed E-state index contributed by atoms with van der Waals surface area (Å²) in [7, 11) is 0. The summed E-state index contributed by atoms with van der Waals surface area (Å²) in [6.45, 7) is 0. The van der Waals surface area contributed by atoms with E-state index in [2.05, 4.69) is 27.3 Å². The highest BCUT2D eigenvalue weighted by Crippen LogP contribution is 2.27. The van der Waals surface area contributed by atoms with Crippen molar-refractivity contribution < 1.29 is 0 Å². The molecule has 0 aliphatic heterocycles. The van der Waals surface area contributed by atoms with E-state index in [0.717, 1.165) is 16.1 Å². The van der Waals surface area contributed by atoms with Gasteiger partial charge in [-0.15, -0.1) is 10.2 Å². The van der Waals surface area contributed by atoms with Gasteiger partial charge in [0, 0.05) is 5.75 Å². The first-order chi connectivity index (χ1) is 9.79. The van der Waals surface area contributed by atoms with E-state index in [9.17, 15) is 0 Å². The van der Waals surface area contributed by atoms with Gasteiger partial charge in [0.1, 0.15) is 5.02 Å². The van der Waals surface area contributed by atoms with Crippen LogP contribution in [0.3, 0.4) is 0 Å². The first-order valence-electron chi connectivity index (χ1n) is 5.90. The molecule has 20 heavy (non-hydrogen) atoms. The van der Waals surface area contributed by atoms with Crippen molar-refractivity contribution in [3.05, 3.63) is 47.1 Å². The molecule has 0 spiro atoms. The van der Waals surface area contributed by atoms with Crippen LogP contribution in [0.2, 0.25) is 5.02 Å². The van der Waals surface area contributed by atoms with Gasteiger partial charge in [-0.05, 0) is 11.8 Å². The summed E-state index contributed by atoms with van der Waals surface area (Å²) in [6, 6.07) is 10.3. The van der Waals surface area contributed by atoms with Crippen LogP contribution in [-0.2, 0) is 5.75 Å². The fourth-order valence-corrected chi connectivity index (χ4v) is 3.42. The molecule has 2 heterocycles. The van der Waals surface area contributed by atoms with Crippen LogP contribution in [0.15, 0.2) is 46.8 Å². The predicted octanol–water partition coefficient (Wildman–Crippen LogP) is 3.79. The Kier molecular flexibility index (Phi) is 4.14. The van der Waals surface area contributed by atoms with Crippen molar-refractivity contribution in [1.29, 1.82) is 0 Å². The number of benzene rings is 1. The van der Waals surface area contributed by atoms with Gasteiger partial charge in [0.2, 0.25) is 0 Å².